The van der Waals surface area contributed by atoms with Gasteiger partial charge in [-0.3, -0.25) is 9.89 Å². The van der Waals surface area contributed by atoms with Gasteiger partial charge in [-0.05, 0) is 36.2 Å². The largest absolute Gasteiger partial charge is 0.289 e. The van der Waals surface area contributed by atoms with Gasteiger partial charge in [0.1, 0.15) is 5.69 Å². The quantitative estimate of drug-likeness (QED) is 0.561. The molecule has 120 valence electrons. The molecule has 0 fully saturated rings. The molecular formula is C18H15ClN4O. The third kappa shape index (κ3) is 3.70. The number of rotatable bonds is 4. The summed E-state index contributed by atoms with van der Waals surface area (Å²) in [6.45, 7) is 1.98. The number of aryl methyl sites for hydroxylation is 1. The molecule has 6 heteroatoms. The molecule has 5 nitrogen and oxygen atoms in total. The number of nitrogens with one attached hydrogen (secondary N) is 2. The van der Waals surface area contributed by atoms with E-state index in [-0.39, 0.29) is 5.91 Å². The maximum Gasteiger partial charge on any atom is 0.289 e. The molecule has 1 heterocycles. The fourth-order valence-electron chi connectivity index (χ4n) is 2.16. The highest BCUT2D eigenvalue weighted by Crippen LogP contribution is 2.20. The summed E-state index contributed by atoms with van der Waals surface area (Å²) < 4.78 is 0. The number of hydrazone groups is 1. The molecule has 0 aliphatic heterocycles. The van der Waals surface area contributed by atoms with Gasteiger partial charge in [-0.15, -0.1) is 0 Å². The molecule has 1 amide bonds. The molecule has 0 radical (unpaired) electrons. The van der Waals surface area contributed by atoms with Gasteiger partial charge < -0.3 is 0 Å². The Bertz CT molecular complexity index is 884. The van der Waals surface area contributed by atoms with E-state index in [0.717, 1.165) is 16.7 Å². The zero-order valence-electron chi connectivity index (χ0n) is 13.0. The number of hydrogen-bond acceptors (Lipinski definition) is 3. The predicted molar refractivity (Wildman–Crippen MR) is 95.3 cm³/mol. The first kappa shape index (κ1) is 16.0. The number of H-pyrrole nitrogens is 1. The van der Waals surface area contributed by atoms with E-state index >= 15 is 0 Å². The highest BCUT2D eigenvalue weighted by molar-refractivity contribution is 6.30. The Kier molecular flexibility index (Phi) is 4.72. The van der Waals surface area contributed by atoms with Crippen molar-refractivity contribution in [3.8, 4) is 11.3 Å². The summed E-state index contributed by atoms with van der Waals surface area (Å²) in [4.78, 5) is 12.1. The third-order valence-electron chi connectivity index (χ3n) is 3.52. The Morgan fingerprint density at radius 3 is 2.71 bits per heavy atom. The van der Waals surface area contributed by atoms with Gasteiger partial charge in [0.05, 0.1) is 11.9 Å². The van der Waals surface area contributed by atoms with Crippen LogP contribution in [0.2, 0.25) is 5.02 Å². The summed E-state index contributed by atoms with van der Waals surface area (Å²) in [5.41, 5.74) is 6.40. The van der Waals surface area contributed by atoms with Crippen LogP contribution >= 0.6 is 11.6 Å². The van der Waals surface area contributed by atoms with Crippen molar-refractivity contribution in [2.75, 3.05) is 0 Å². The van der Waals surface area contributed by atoms with Crippen molar-refractivity contribution in [3.05, 3.63) is 76.4 Å². The topological polar surface area (TPSA) is 70.1 Å². The van der Waals surface area contributed by atoms with E-state index in [2.05, 4.69) is 20.7 Å². The lowest BCUT2D eigenvalue weighted by Gasteiger charge is -1.99. The van der Waals surface area contributed by atoms with Crippen LogP contribution in [0, 0.1) is 6.92 Å². The van der Waals surface area contributed by atoms with Crippen molar-refractivity contribution in [2.24, 2.45) is 5.10 Å². The Morgan fingerprint density at radius 1 is 1.21 bits per heavy atom. The van der Waals surface area contributed by atoms with E-state index in [9.17, 15) is 4.79 Å². The monoisotopic (exact) mass is 338 g/mol. The predicted octanol–water partition coefficient (Wildman–Crippen LogP) is 3.80. The molecule has 0 aliphatic rings. The number of benzene rings is 2. The first-order valence-electron chi connectivity index (χ1n) is 7.34. The first-order chi connectivity index (χ1) is 11.6. The van der Waals surface area contributed by atoms with Crippen LogP contribution in [-0.2, 0) is 0 Å². The number of carbonyl (C=O) groups is 1. The molecular weight excluding hydrogens is 324 g/mol. The maximum atomic E-state index is 12.1. The van der Waals surface area contributed by atoms with Gasteiger partial charge in [-0.25, -0.2) is 5.43 Å². The normalized spacial score (nSPS) is 10.9. The summed E-state index contributed by atoms with van der Waals surface area (Å²) in [6, 6.07) is 16.7. The zero-order chi connectivity index (χ0) is 16.9. The number of aromatic amines is 1. The number of nitrogens with zero attached hydrogens (tertiary/aromatic N) is 2. The molecule has 0 aliphatic carbocycles. The fourth-order valence-corrected chi connectivity index (χ4v) is 2.28. The van der Waals surface area contributed by atoms with Gasteiger partial charge >= 0.3 is 0 Å². The SMILES string of the molecule is Cc1ccccc1/C=N/NC(=O)c1cc(-c2ccc(Cl)cc2)n[nH]1. The molecule has 3 aromatic rings. The molecule has 0 saturated heterocycles. The minimum absolute atomic E-state index is 0.335. The summed E-state index contributed by atoms with van der Waals surface area (Å²) >= 11 is 5.87. The van der Waals surface area contributed by atoms with Crippen LogP contribution in [0.4, 0.5) is 0 Å². The van der Waals surface area contributed by atoms with Crippen LogP contribution < -0.4 is 5.43 Å². The molecule has 3 rings (SSSR count). The van der Waals surface area contributed by atoms with E-state index < -0.39 is 0 Å². The molecule has 0 atom stereocenters. The van der Waals surface area contributed by atoms with Crippen LogP contribution in [-0.4, -0.2) is 22.3 Å². The highest BCUT2D eigenvalue weighted by Gasteiger charge is 2.10. The maximum absolute atomic E-state index is 12.1. The Hall–Kier alpha value is -2.92. The minimum atomic E-state index is -0.354. The van der Waals surface area contributed by atoms with Gasteiger partial charge in [-0.2, -0.15) is 10.2 Å². The number of aromatic nitrogens is 2. The van der Waals surface area contributed by atoms with Gasteiger partial charge in [0.2, 0.25) is 0 Å². The second-order valence-electron chi connectivity index (χ2n) is 5.23. The number of amides is 1. The van der Waals surface area contributed by atoms with Crippen molar-refractivity contribution < 1.29 is 4.79 Å². The van der Waals surface area contributed by atoms with Crippen molar-refractivity contribution in [1.29, 1.82) is 0 Å². The summed E-state index contributed by atoms with van der Waals surface area (Å²) in [7, 11) is 0. The van der Waals surface area contributed by atoms with Crippen LogP contribution in [0.15, 0.2) is 59.7 Å². The highest BCUT2D eigenvalue weighted by atomic mass is 35.5. The van der Waals surface area contributed by atoms with Crippen LogP contribution in [0.3, 0.4) is 0 Å². The average molecular weight is 339 g/mol. The van der Waals surface area contributed by atoms with E-state index in [1.807, 2.05) is 43.3 Å². The lowest BCUT2D eigenvalue weighted by Crippen LogP contribution is -2.18. The van der Waals surface area contributed by atoms with Crippen LogP contribution in [0.5, 0.6) is 0 Å². The van der Waals surface area contributed by atoms with Crippen LogP contribution in [0.25, 0.3) is 11.3 Å². The van der Waals surface area contributed by atoms with Crippen molar-refractivity contribution in [3.63, 3.8) is 0 Å². The standard InChI is InChI=1S/C18H15ClN4O/c1-12-4-2-3-5-14(12)11-20-23-18(24)17-10-16(21-22-17)13-6-8-15(19)9-7-13/h2-11H,1H3,(H,21,22)(H,23,24)/b20-11+. The van der Waals surface area contributed by atoms with Crippen molar-refractivity contribution >= 4 is 23.7 Å². The number of carbonyl (C=O) groups excluding carboxylic acids is 1. The fraction of sp³-hybridized carbons (Fsp3) is 0.0556. The minimum Gasteiger partial charge on any atom is -0.272 e. The van der Waals surface area contributed by atoms with Crippen LogP contribution in [0.1, 0.15) is 21.6 Å². The second kappa shape index (κ2) is 7.10. The smallest absolute Gasteiger partial charge is 0.272 e. The molecule has 0 unspecified atom stereocenters. The first-order valence-corrected chi connectivity index (χ1v) is 7.71. The van der Waals surface area contributed by atoms with Crippen molar-refractivity contribution in [1.82, 2.24) is 15.6 Å². The molecule has 24 heavy (non-hydrogen) atoms. The number of halogens is 1. The van der Waals surface area contributed by atoms with E-state index in [4.69, 9.17) is 11.6 Å². The molecule has 2 aromatic carbocycles. The summed E-state index contributed by atoms with van der Waals surface area (Å²) in [5, 5.41) is 11.5. The Balaban J connectivity index is 1.68. The van der Waals surface area contributed by atoms with E-state index in [1.54, 1.807) is 24.4 Å². The van der Waals surface area contributed by atoms with E-state index in [0.29, 0.717) is 16.4 Å². The molecule has 0 bridgehead atoms. The van der Waals surface area contributed by atoms with Gasteiger partial charge in [0, 0.05) is 10.6 Å². The third-order valence-corrected chi connectivity index (χ3v) is 3.77. The van der Waals surface area contributed by atoms with Gasteiger partial charge in [0.25, 0.3) is 5.91 Å². The Labute approximate surface area is 144 Å². The lowest BCUT2D eigenvalue weighted by atomic mass is 10.1. The molecule has 1 aromatic heterocycles. The van der Waals surface area contributed by atoms with Gasteiger partial charge in [-0.1, -0.05) is 48.0 Å². The van der Waals surface area contributed by atoms with Crippen molar-refractivity contribution in [2.45, 2.75) is 6.92 Å². The van der Waals surface area contributed by atoms with Gasteiger partial charge in [0.15, 0.2) is 0 Å². The molecule has 0 saturated carbocycles. The summed E-state index contributed by atoms with van der Waals surface area (Å²) in [5.74, 6) is -0.354. The zero-order valence-corrected chi connectivity index (χ0v) is 13.7. The molecule has 0 spiro atoms. The second-order valence-corrected chi connectivity index (χ2v) is 5.67. The lowest BCUT2D eigenvalue weighted by molar-refractivity contribution is 0.0950. The summed E-state index contributed by atoms with van der Waals surface area (Å²) in [6.07, 6.45) is 1.61. The average Bonchev–Trinajstić information content (AvgIpc) is 3.07. The van der Waals surface area contributed by atoms with E-state index in [1.165, 1.54) is 0 Å². The molecule has 2 N–H and O–H groups in total. The number of hydrogen-bond donors (Lipinski definition) is 2. The Morgan fingerprint density at radius 2 is 1.96 bits per heavy atom.